The molecule has 0 atom stereocenters. The van der Waals surface area contributed by atoms with Crippen LogP contribution in [0.3, 0.4) is 0 Å². The van der Waals surface area contributed by atoms with Gasteiger partial charge in [-0.1, -0.05) is 18.2 Å². The molecule has 0 radical (unpaired) electrons. The van der Waals surface area contributed by atoms with Crippen LogP contribution in [0.2, 0.25) is 0 Å². The molecule has 5 heteroatoms. The van der Waals surface area contributed by atoms with Gasteiger partial charge in [-0.25, -0.2) is 4.39 Å². The van der Waals surface area contributed by atoms with Gasteiger partial charge in [0.05, 0.1) is 11.5 Å². The smallest absolute Gasteiger partial charge is 0.269 e. The summed E-state index contributed by atoms with van der Waals surface area (Å²) in [5.74, 6) is 0.188. The summed E-state index contributed by atoms with van der Waals surface area (Å²) < 4.78 is 18.8. The summed E-state index contributed by atoms with van der Waals surface area (Å²) in [6.07, 6.45) is 0.605. The summed E-state index contributed by atoms with van der Waals surface area (Å²) in [6, 6.07) is 11.0. The molecule has 2 aromatic rings. The van der Waals surface area contributed by atoms with Crippen molar-refractivity contribution in [3.05, 3.63) is 69.5 Å². The van der Waals surface area contributed by atoms with E-state index in [-0.39, 0.29) is 11.5 Å². The van der Waals surface area contributed by atoms with Crippen LogP contribution in [0, 0.1) is 22.9 Å². The van der Waals surface area contributed by atoms with Crippen molar-refractivity contribution in [1.82, 2.24) is 0 Å². The van der Waals surface area contributed by atoms with E-state index in [0.717, 1.165) is 5.56 Å². The van der Waals surface area contributed by atoms with E-state index < -0.39 is 4.92 Å². The molecular formula is C15H14FNO3. The zero-order chi connectivity index (χ0) is 14.5. The predicted octanol–water partition coefficient (Wildman–Crippen LogP) is 3.66. The van der Waals surface area contributed by atoms with Crippen LogP contribution in [0.15, 0.2) is 42.5 Å². The highest BCUT2D eigenvalue weighted by Gasteiger charge is 2.04. The van der Waals surface area contributed by atoms with Crippen molar-refractivity contribution < 1.29 is 14.1 Å². The summed E-state index contributed by atoms with van der Waals surface area (Å²) in [6.45, 7) is 2.08. The van der Waals surface area contributed by atoms with Gasteiger partial charge in [0, 0.05) is 24.6 Å². The van der Waals surface area contributed by atoms with Crippen molar-refractivity contribution in [2.45, 2.75) is 13.3 Å². The number of non-ortho nitro benzene ring substituents is 1. The van der Waals surface area contributed by atoms with Gasteiger partial charge in [0.25, 0.3) is 5.69 Å². The normalized spacial score (nSPS) is 10.3. The number of ether oxygens (including phenoxy) is 1. The lowest BCUT2D eigenvalue weighted by Gasteiger charge is -2.07. The topological polar surface area (TPSA) is 52.4 Å². The van der Waals surface area contributed by atoms with Gasteiger partial charge in [-0.05, 0) is 24.1 Å². The van der Waals surface area contributed by atoms with Crippen molar-refractivity contribution in [3.63, 3.8) is 0 Å². The minimum absolute atomic E-state index is 0.0651. The molecular weight excluding hydrogens is 261 g/mol. The highest BCUT2D eigenvalue weighted by atomic mass is 19.1. The lowest BCUT2D eigenvalue weighted by Crippen LogP contribution is -2.02. The van der Waals surface area contributed by atoms with Crippen molar-refractivity contribution in [3.8, 4) is 5.75 Å². The van der Waals surface area contributed by atoms with Crippen molar-refractivity contribution >= 4 is 5.69 Å². The molecule has 0 aliphatic carbocycles. The monoisotopic (exact) mass is 275 g/mol. The zero-order valence-corrected chi connectivity index (χ0v) is 11.0. The number of rotatable bonds is 5. The minimum Gasteiger partial charge on any atom is -0.493 e. The number of hydrogen-bond acceptors (Lipinski definition) is 3. The molecule has 2 aromatic carbocycles. The van der Waals surface area contributed by atoms with E-state index in [1.807, 2.05) is 0 Å². The maximum absolute atomic E-state index is 13.3. The second-order valence-corrected chi connectivity index (χ2v) is 4.43. The van der Waals surface area contributed by atoms with Gasteiger partial charge in [-0.15, -0.1) is 0 Å². The molecule has 0 saturated carbocycles. The van der Waals surface area contributed by atoms with Gasteiger partial charge in [-0.2, -0.15) is 0 Å². The van der Waals surface area contributed by atoms with Gasteiger partial charge in [0.1, 0.15) is 11.6 Å². The first-order valence-electron chi connectivity index (χ1n) is 6.18. The van der Waals surface area contributed by atoms with Crippen LogP contribution in [-0.4, -0.2) is 11.5 Å². The van der Waals surface area contributed by atoms with Crippen LogP contribution in [0.5, 0.6) is 5.75 Å². The Balaban J connectivity index is 1.89. The molecule has 0 heterocycles. The van der Waals surface area contributed by atoms with Crippen molar-refractivity contribution in [2.24, 2.45) is 0 Å². The van der Waals surface area contributed by atoms with E-state index in [0.29, 0.717) is 24.3 Å². The molecule has 0 N–H and O–H groups in total. The summed E-state index contributed by atoms with van der Waals surface area (Å²) in [5, 5.41) is 10.5. The molecule has 104 valence electrons. The standard InChI is InChI=1S/C15H14FNO3/c1-11-2-7-14(10-15(11)16)20-9-8-12-3-5-13(6-4-12)17(18)19/h2-7,10H,8-9H2,1H3. The molecule has 0 spiro atoms. The second kappa shape index (κ2) is 6.14. The molecule has 0 unspecified atom stereocenters. The number of nitrogens with zero attached hydrogens (tertiary/aromatic N) is 1. The summed E-state index contributed by atoms with van der Waals surface area (Å²) in [5.41, 5.74) is 1.58. The number of aryl methyl sites for hydroxylation is 1. The first-order valence-corrected chi connectivity index (χ1v) is 6.18. The Hall–Kier alpha value is -2.43. The molecule has 0 bridgehead atoms. The summed E-state index contributed by atoms with van der Waals surface area (Å²) in [4.78, 5) is 10.1. The maximum Gasteiger partial charge on any atom is 0.269 e. The van der Waals surface area contributed by atoms with Crippen LogP contribution in [0.1, 0.15) is 11.1 Å². The van der Waals surface area contributed by atoms with Gasteiger partial charge in [0.2, 0.25) is 0 Å². The number of nitro benzene ring substituents is 1. The van der Waals surface area contributed by atoms with Gasteiger partial charge in [0.15, 0.2) is 0 Å². The SMILES string of the molecule is Cc1ccc(OCCc2ccc([N+](=O)[O-])cc2)cc1F. The van der Waals surface area contributed by atoms with Crippen LogP contribution in [-0.2, 0) is 6.42 Å². The third-order valence-corrected chi connectivity index (χ3v) is 2.95. The predicted molar refractivity (Wildman–Crippen MR) is 73.4 cm³/mol. The molecule has 0 amide bonds. The quantitative estimate of drug-likeness (QED) is 0.618. The van der Waals surface area contributed by atoms with Gasteiger partial charge in [-0.3, -0.25) is 10.1 Å². The molecule has 20 heavy (non-hydrogen) atoms. The first kappa shape index (κ1) is 14.0. The van der Waals surface area contributed by atoms with Crippen LogP contribution >= 0.6 is 0 Å². The molecule has 4 nitrogen and oxygen atoms in total. The van der Waals surface area contributed by atoms with Crippen molar-refractivity contribution in [2.75, 3.05) is 6.61 Å². The number of hydrogen-bond donors (Lipinski definition) is 0. The molecule has 0 saturated heterocycles. The highest BCUT2D eigenvalue weighted by molar-refractivity contribution is 5.33. The summed E-state index contributed by atoms with van der Waals surface area (Å²) >= 11 is 0. The Morgan fingerprint density at radius 1 is 1.20 bits per heavy atom. The lowest BCUT2D eigenvalue weighted by atomic mass is 10.1. The molecule has 2 rings (SSSR count). The minimum atomic E-state index is -0.435. The van der Waals surface area contributed by atoms with E-state index in [1.165, 1.54) is 18.2 Å². The molecule has 0 fully saturated rings. The zero-order valence-electron chi connectivity index (χ0n) is 11.0. The molecule has 0 aliphatic heterocycles. The number of halogens is 1. The number of benzene rings is 2. The average Bonchev–Trinajstić information content (AvgIpc) is 2.43. The van der Waals surface area contributed by atoms with E-state index in [9.17, 15) is 14.5 Å². The van der Waals surface area contributed by atoms with Gasteiger partial charge >= 0.3 is 0 Å². The molecule has 0 aromatic heterocycles. The Morgan fingerprint density at radius 3 is 2.50 bits per heavy atom. The molecule has 0 aliphatic rings. The van der Waals surface area contributed by atoms with Crippen LogP contribution < -0.4 is 4.74 Å². The van der Waals surface area contributed by atoms with E-state index in [4.69, 9.17) is 4.74 Å². The third-order valence-electron chi connectivity index (χ3n) is 2.95. The van der Waals surface area contributed by atoms with Gasteiger partial charge < -0.3 is 4.74 Å². The number of nitro groups is 1. The highest BCUT2D eigenvalue weighted by Crippen LogP contribution is 2.17. The Kier molecular flexibility index (Phi) is 4.30. The first-order chi connectivity index (χ1) is 9.56. The van der Waals surface area contributed by atoms with E-state index in [2.05, 4.69) is 0 Å². The lowest BCUT2D eigenvalue weighted by molar-refractivity contribution is -0.384. The van der Waals surface area contributed by atoms with E-state index in [1.54, 1.807) is 31.2 Å². The second-order valence-electron chi connectivity index (χ2n) is 4.43. The van der Waals surface area contributed by atoms with E-state index >= 15 is 0 Å². The van der Waals surface area contributed by atoms with Crippen molar-refractivity contribution in [1.29, 1.82) is 0 Å². The maximum atomic E-state index is 13.3. The van der Waals surface area contributed by atoms with Crippen LogP contribution in [0.4, 0.5) is 10.1 Å². The Bertz CT molecular complexity index is 611. The Labute approximate surface area is 116 Å². The Morgan fingerprint density at radius 2 is 1.90 bits per heavy atom. The third kappa shape index (κ3) is 3.54. The fourth-order valence-corrected chi connectivity index (χ4v) is 1.73. The fourth-order valence-electron chi connectivity index (χ4n) is 1.73. The average molecular weight is 275 g/mol. The largest absolute Gasteiger partial charge is 0.493 e. The summed E-state index contributed by atoms with van der Waals surface area (Å²) in [7, 11) is 0. The van der Waals surface area contributed by atoms with Crippen LogP contribution in [0.25, 0.3) is 0 Å². The fraction of sp³-hybridized carbons (Fsp3) is 0.200.